The second-order valence-corrected chi connectivity index (χ2v) is 12.9. The van der Waals surface area contributed by atoms with E-state index in [0.29, 0.717) is 19.2 Å². The van der Waals surface area contributed by atoms with E-state index in [-0.39, 0.29) is 18.6 Å². The van der Waals surface area contributed by atoms with Gasteiger partial charge in [-0.25, -0.2) is 8.51 Å². The molecule has 0 N–H and O–H groups in total. The Hall–Kier alpha value is -1.52. The topological polar surface area (TPSA) is 65.6 Å². The predicted molar refractivity (Wildman–Crippen MR) is 152 cm³/mol. The van der Waals surface area contributed by atoms with Gasteiger partial charge in [0.25, 0.3) is 0 Å². The molecule has 2 heterocycles. The number of carbonyl (C=O) groups excluding carboxylic acids is 1. The molecule has 2 saturated heterocycles. The summed E-state index contributed by atoms with van der Waals surface area (Å²) >= 11 is 0. The molecule has 1 aliphatic carbocycles. The van der Waals surface area contributed by atoms with Crippen molar-refractivity contribution in [2.24, 2.45) is 0 Å². The third kappa shape index (κ3) is 7.16. The van der Waals surface area contributed by atoms with Crippen molar-refractivity contribution >= 4 is 16.9 Å². The highest BCUT2D eigenvalue weighted by Gasteiger charge is 2.35. The zero-order valence-electron chi connectivity index (χ0n) is 24.1. The number of rotatable bonds is 11. The summed E-state index contributed by atoms with van der Waals surface area (Å²) in [4.78, 5) is 20.9. The molecular formula is C29H48N4O4S. The van der Waals surface area contributed by atoms with Gasteiger partial charge in [-0.15, -0.1) is 0 Å². The normalized spacial score (nSPS) is 25.7. The molecule has 1 aromatic rings. The first-order chi connectivity index (χ1) is 18.3. The maximum atomic E-state index is 13.1. The van der Waals surface area contributed by atoms with Crippen LogP contribution in [0.15, 0.2) is 17.0 Å². The summed E-state index contributed by atoms with van der Waals surface area (Å²) in [7, 11) is 4.07. The molecule has 0 radical (unpaired) electrons. The van der Waals surface area contributed by atoms with Crippen molar-refractivity contribution < 1.29 is 18.5 Å². The summed E-state index contributed by atoms with van der Waals surface area (Å²) in [5, 5.41) is 0. The number of ether oxygens (including phenoxy) is 2. The second kappa shape index (κ2) is 13.7. The number of aryl methyl sites for hydroxylation is 2. The van der Waals surface area contributed by atoms with Crippen LogP contribution in [0.5, 0.6) is 5.75 Å². The van der Waals surface area contributed by atoms with E-state index in [1.54, 1.807) is 11.4 Å². The van der Waals surface area contributed by atoms with E-state index in [1.165, 1.54) is 51.6 Å². The van der Waals surface area contributed by atoms with Gasteiger partial charge in [0.2, 0.25) is 5.91 Å². The van der Waals surface area contributed by atoms with Crippen LogP contribution in [0.25, 0.3) is 0 Å². The van der Waals surface area contributed by atoms with Gasteiger partial charge in [-0.05, 0) is 95.1 Å². The lowest BCUT2D eigenvalue weighted by Crippen LogP contribution is -2.45. The lowest BCUT2D eigenvalue weighted by molar-refractivity contribution is -0.136. The number of hydrogen-bond acceptors (Lipinski definition) is 6. The Bertz CT molecular complexity index is 939. The predicted octanol–water partition coefficient (Wildman–Crippen LogP) is 3.22. The monoisotopic (exact) mass is 548 g/mol. The fourth-order valence-electron chi connectivity index (χ4n) is 6.51. The second-order valence-electron chi connectivity index (χ2n) is 11.4. The molecule has 0 bridgehead atoms. The first kappa shape index (κ1) is 29.5. The molecule has 0 aromatic heterocycles. The Kier molecular flexibility index (Phi) is 10.6. The Morgan fingerprint density at radius 3 is 2.18 bits per heavy atom. The maximum Gasteiger partial charge on any atom is 0.248 e. The summed E-state index contributed by atoms with van der Waals surface area (Å²) in [5.74, 6) is 0.796. The number of methoxy groups -OCH3 is 1. The van der Waals surface area contributed by atoms with Crippen molar-refractivity contribution in [1.82, 2.24) is 19.0 Å². The molecule has 1 aromatic carbocycles. The SMILES string of the molecule is COc1cc(C)c(S(=O)N(C)CCOCC(=O)N(C)[C@@H]2CCN(C3CCC(N4CCCC4)CC3)C2)c(C)c1. The molecule has 2 aliphatic heterocycles. The van der Waals surface area contributed by atoms with Crippen LogP contribution >= 0.6 is 0 Å². The lowest BCUT2D eigenvalue weighted by Gasteiger charge is -2.38. The van der Waals surface area contributed by atoms with Crippen LogP contribution in [0.1, 0.15) is 56.1 Å². The third-order valence-electron chi connectivity index (χ3n) is 8.88. The van der Waals surface area contributed by atoms with Crippen molar-refractivity contribution in [1.29, 1.82) is 0 Å². The van der Waals surface area contributed by atoms with Crippen molar-refractivity contribution in [3.05, 3.63) is 23.3 Å². The number of benzene rings is 1. The van der Waals surface area contributed by atoms with E-state index in [4.69, 9.17) is 9.47 Å². The average molecular weight is 549 g/mol. The first-order valence-electron chi connectivity index (χ1n) is 14.4. The van der Waals surface area contributed by atoms with Crippen molar-refractivity contribution in [2.75, 3.05) is 67.1 Å². The Morgan fingerprint density at radius 2 is 1.58 bits per heavy atom. The first-order valence-corrected chi connectivity index (χ1v) is 15.5. The number of nitrogens with zero attached hydrogens (tertiary/aromatic N) is 4. The van der Waals surface area contributed by atoms with Gasteiger partial charge in [0, 0.05) is 51.9 Å². The minimum absolute atomic E-state index is 0.0280. The molecule has 3 aliphatic rings. The highest BCUT2D eigenvalue weighted by molar-refractivity contribution is 7.82. The molecule has 9 heteroatoms. The van der Waals surface area contributed by atoms with Gasteiger partial charge in [-0.3, -0.25) is 9.69 Å². The third-order valence-corrected chi connectivity index (χ3v) is 10.6. The highest BCUT2D eigenvalue weighted by atomic mass is 32.2. The summed E-state index contributed by atoms with van der Waals surface area (Å²) < 4.78 is 25.9. The van der Waals surface area contributed by atoms with Crippen molar-refractivity contribution in [3.8, 4) is 5.75 Å². The van der Waals surface area contributed by atoms with E-state index in [2.05, 4.69) is 9.80 Å². The zero-order valence-corrected chi connectivity index (χ0v) is 24.9. The quantitative estimate of drug-likeness (QED) is 0.396. The standard InChI is InChI=1S/C29H48N4O4S/c1-22-18-27(36-5)19-23(2)29(22)38(35)30(3)16-17-37-21-28(34)31(4)26-12-15-33(20-26)25-10-8-24(9-11-25)32-13-6-7-14-32/h18-19,24-26H,6-17,20-21H2,1-5H3/t24?,25?,26-,38?/m1/s1. The fourth-order valence-corrected chi connectivity index (χ4v) is 7.73. The minimum Gasteiger partial charge on any atom is -0.497 e. The summed E-state index contributed by atoms with van der Waals surface area (Å²) in [6.07, 6.45) is 9.01. The van der Waals surface area contributed by atoms with Crippen LogP contribution in [0, 0.1) is 13.8 Å². The lowest BCUT2D eigenvalue weighted by atomic mass is 9.89. The van der Waals surface area contributed by atoms with Crippen molar-refractivity contribution in [2.45, 2.75) is 81.8 Å². The molecule has 38 heavy (non-hydrogen) atoms. The van der Waals surface area contributed by atoms with Crippen LogP contribution in [0.2, 0.25) is 0 Å². The van der Waals surface area contributed by atoms with Crippen molar-refractivity contribution in [3.63, 3.8) is 0 Å². The van der Waals surface area contributed by atoms with Gasteiger partial charge in [0.05, 0.1) is 18.6 Å². The molecule has 0 spiro atoms. The zero-order chi connectivity index (χ0) is 27.2. The number of hydrogen-bond donors (Lipinski definition) is 0. The number of likely N-dealkylation sites (tertiary alicyclic amines) is 2. The van der Waals surface area contributed by atoms with Gasteiger partial charge in [0.1, 0.15) is 23.3 Å². The Labute approximate surface area is 232 Å². The summed E-state index contributed by atoms with van der Waals surface area (Å²) in [6.45, 7) is 9.45. The van der Waals surface area contributed by atoms with E-state index >= 15 is 0 Å². The summed E-state index contributed by atoms with van der Waals surface area (Å²) in [5.41, 5.74) is 1.88. The molecule has 8 nitrogen and oxygen atoms in total. The van der Waals surface area contributed by atoms with Gasteiger partial charge < -0.3 is 19.3 Å². The number of carbonyl (C=O) groups is 1. The van der Waals surface area contributed by atoms with Crippen LogP contribution in [0.4, 0.5) is 0 Å². The summed E-state index contributed by atoms with van der Waals surface area (Å²) in [6, 6.07) is 5.55. The van der Waals surface area contributed by atoms with Crippen LogP contribution < -0.4 is 4.74 Å². The molecule has 2 atom stereocenters. The van der Waals surface area contributed by atoms with Gasteiger partial charge in [-0.1, -0.05) is 0 Å². The molecule has 1 unspecified atom stereocenters. The smallest absolute Gasteiger partial charge is 0.248 e. The number of amides is 1. The molecule has 1 saturated carbocycles. The molecule has 1 amide bonds. The number of likely N-dealkylation sites (N-methyl/N-ethyl adjacent to an activating group) is 2. The fraction of sp³-hybridized carbons (Fsp3) is 0.759. The molecule has 214 valence electrons. The average Bonchev–Trinajstić information content (AvgIpc) is 3.63. The van der Waals surface area contributed by atoms with Crippen LogP contribution in [-0.2, 0) is 20.5 Å². The van der Waals surface area contributed by atoms with E-state index in [9.17, 15) is 9.00 Å². The Morgan fingerprint density at radius 1 is 0.974 bits per heavy atom. The largest absolute Gasteiger partial charge is 0.497 e. The molecular weight excluding hydrogens is 500 g/mol. The maximum absolute atomic E-state index is 13.1. The van der Waals surface area contributed by atoms with E-state index in [0.717, 1.165) is 47.3 Å². The van der Waals surface area contributed by atoms with E-state index < -0.39 is 11.0 Å². The van der Waals surface area contributed by atoms with Gasteiger partial charge in [0.15, 0.2) is 0 Å². The highest BCUT2D eigenvalue weighted by Crippen LogP contribution is 2.31. The molecule has 4 rings (SSSR count). The molecule has 3 fully saturated rings. The van der Waals surface area contributed by atoms with Crippen LogP contribution in [-0.4, -0.2) is 114 Å². The van der Waals surface area contributed by atoms with E-state index in [1.807, 2.05) is 45.0 Å². The Balaban J connectivity index is 1.15. The van der Waals surface area contributed by atoms with Crippen LogP contribution in [0.3, 0.4) is 0 Å². The van der Waals surface area contributed by atoms with Gasteiger partial charge in [-0.2, -0.15) is 0 Å². The van der Waals surface area contributed by atoms with Gasteiger partial charge >= 0.3 is 0 Å². The minimum atomic E-state index is -1.30.